The minimum absolute atomic E-state index is 0.171. The highest BCUT2D eigenvalue weighted by molar-refractivity contribution is 5.70. The molecule has 0 amide bonds. The number of rotatable bonds is 49. The molecule has 0 spiro atoms. The summed E-state index contributed by atoms with van der Waals surface area (Å²) in [5, 5.41) is 72.3. The highest BCUT2D eigenvalue weighted by Crippen LogP contribution is 2.27. The van der Waals surface area contributed by atoms with Gasteiger partial charge in [0.25, 0.3) is 0 Å². The Balaban J connectivity index is 1.72. The molecule has 15 heteroatoms. The lowest BCUT2D eigenvalue weighted by atomic mass is 9.98. The lowest BCUT2D eigenvalue weighted by Gasteiger charge is -2.42. The Labute approximate surface area is 448 Å². The topological polar surface area (TPSA) is 231 Å². The van der Waals surface area contributed by atoms with Gasteiger partial charge in [-0.2, -0.15) is 0 Å². The molecule has 0 bridgehead atoms. The van der Waals surface area contributed by atoms with E-state index in [-0.39, 0.29) is 26.1 Å². The molecular weight excluding hydrogens is 949 g/mol. The van der Waals surface area contributed by atoms with E-state index in [4.69, 9.17) is 28.4 Å². The number of aliphatic hydroxyl groups excluding tert-OH is 7. The van der Waals surface area contributed by atoms with Crippen molar-refractivity contribution in [1.82, 2.24) is 0 Å². The summed E-state index contributed by atoms with van der Waals surface area (Å²) in [5.74, 6) is -0.914. The van der Waals surface area contributed by atoms with Crippen LogP contribution >= 0.6 is 0 Å². The molecule has 0 aromatic rings. The molecular formula is C59H110O15. The lowest BCUT2D eigenvalue weighted by molar-refractivity contribution is -0.332. The first kappa shape index (κ1) is 68.3. The smallest absolute Gasteiger partial charge is 0.306 e. The molecule has 7 N–H and O–H groups in total. The fraction of sp³-hybridized carbons (Fsp3) is 0.932. The summed E-state index contributed by atoms with van der Waals surface area (Å²) < 4.78 is 33.7. The zero-order chi connectivity index (χ0) is 53.9. The second kappa shape index (κ2) is 46.2. The average Bonchev–Trinajstić information content (AvgIpc) is 3.39. The fourth-order valence-electron chi connectivity index (χ4n) is 9.80. The maximum atomic E-state index is 13.1. The van der Waals surface area contributed by atoms with Crippen LogP contribution < -0.4 is 0 Å². The van der Waals surface area contributed by atoms with E-state index in [1.807, 2.05) is 0 Å². The molecule has 2 rings (SSSR count). The number of allylic oxidation sites excluding steroid dienone is 2. The SMILES string of the molecule is CCCCCC/C=C/CCCCCCCCCC(=O)OC[C@H](CO[C@H]1O[C@@H](CO[C@H]2O[C@@H](CO)[C@@H](O)C(O)C2O)[C@@H](O)C(O)C1O)OC(=O)CCCCCCCCCCCCCCCCCCCCCCCCC. The van der Waals surface area contributed by atoms with E-state index >= 15 is 0 Å². The van der Waals surface area contributed by atoms with Gasteiger partial charge in [-0.25, -0.2) is 0 Å². The molecule has 2 saturated heterocycles. The third-order valence-electron chi connectivity index (χ3n) is 14.7. The molecule has 2 fully saturated rings. The van der Waals surface area contributed by atoms with Crippen molar-refractivity contribution in [2.45, 2.75) is 325 Å². The van der Waals surface area contributed by atoms with E-state index in [9.17, 15) is 45.3 Å². The summed E-state index contributed by atoms with van der Waals surface area (Å²) in [6.45, 7) is 2.63. The number of hydrogen-bond acceptors (Lipinski definition) is 15. The van der Waals surface area contributed by atoms with Crippen molar-refractivity contribution in [1.29, 1.82) is 0 Å². The molecule has 11 atom stereocenters. The highest BCUT2D eigenvalue weighted by Gasteiger charge is 2.47. The third kappa shape index (κ3) is 32.9. The highest BCUT2D eigenvalue weighted by atomic mass is 16.7. The summed E-state index contributed by atoms with van der Waals surface area (Å²) in [6, 6.07) is 0. The van der Waals surface area contributed by atoms with E-state index in [0.29, 0.717) is 12.8 Å². The van der Waals surface area contributed by atoms with Gasteiger partial charge in [-0.15, -0.1) is 0 Å². The Bertz CT molecular complexity index is 1340. The standard InChI is InChI=1S/C59H110O15/c1-3-5-7-9-11-13-15-17-19-20-21-22-23-24-25-26-28-30-32-34-36-38-40-42-51(62)72-47(44-69-50(61)41-39-37-35-33-31-29-27-18-16-14-12-10-8-6-4-2)45-70-58-57(68)55(66)53(64)49(74-58)46-71-59-56(67)54(65)52(63)48(43-60)73-59/h14,16,47-49,52-60,63-68H,3-13,15,17-46H2,1-2H3/b16-14+/t47-,48+,49+,52-,53-,54?,55?,56?,57?,58+,59+/m1/s1. The Morgan fingerprint density at radius 1 is 0.419 bits per heavy atom. The van der Waals surface area contributed by atoms with E-state index in [1.165, 1.54) is 173 Å². The van der Waals surface area contributed by atoms with E-state index in [0.717, 1.165) is 44.9 Å². The Morgan fingerprint density at radius 2 is 0.770 bits per heavy atom. The quantitative estimate of drug-likeness (QED) is 0.0171. The van der Waals surface area contributed by atoms with Crippen LogP contribution in [0.1, 0.15) is 258 Å². The summed E-state index contributed by atoms with van der Waals surface area (Å²) in [7, 11) is 0. The second-order valence-corrected chi connectivity index (χ2v) is 21.5. The molecule has 436 valence electrons. The minimum atomic E-state index is -1.76. The van der Waals surface area contributed by atoms with Crippen LogP contribution in [0.25, 0.3) is 0 Å². The largest absolute Gasteiger partial charge is 0.462 e. The number of aliphatic hydroxyl groups is 7. The summed E-state index contributed by atoms with van der Waals surface area (Å²) in [5.41, 5.74) is 0. The second-order valence-electron chi connectivity index (χ2n) is 21.5. The van der Waals surface area contributed by atoms with Crippen molar-refractivity contribution in [2.75, 3.05) is 26.4 Å². The van der Waals surface area contributed by atoms with Gasteiger partial charge < -0.3 is 64.2 Å². The molecule has 0 aliphatic carbocycles. The number of carbonyl (C=O) groups is 2. The predicted octanol–water partition coefficient (Wildman–Crippen LogP) is 10.5. The molecule has 0 aromatic carbocycles. The number of ether oxygens (including phenoxy) is 6. The maximum Gasteiger partial charge on any atom is 0.306 e. The Kier molecular flexibility index (Phi) is 42.7. The van der Waals surface area contributed by atoms with Gasteiger partial charge in [-0.05, 0) is 38.5 Å². The van der Waals surface area contributed by atoms with Crippen molar-refractivity contribution in [3.8, 4) is 0 Å². The van der Waals surface area contributed by atoms with Crippen LogP contribution in [0.4, 0.5) is 0 Å². The van der Waals surface area contributed by atoms with Crippen LogP contribution in [0.3, 0.4) is 0 Å². The van der Waals surface area contributed by atoms with Crippen molar-refractivity contribution in [3.63, 3.8) is 0 Å². The van der Waals surface area contributed by atoms with Crippen LogP contribution in [0.15, 0.2) is 12.2 Å². The molecule has 0 radical (unpaired) electrons. The summed E-state index contributed by atoms with van der Waals surface area (Å²) >= 11 is 0. The number of unbranched alkanes of at least 4 members (excludes halogenated alkanes) is 33. The van der Waals surface area contributed by atoms with Gasteiger partial charge in [0.15, 0.2) is 18.7 Å². The van der Waals surface area contributed by atoms with Crippen LogP contribution in [0, 0.1) is 0 Å². The third-order valence-corrected chi connectivity index (χ3v) is 14.7. The van der Waals surface area contributed by atoms with Gasteiger partial charge in [0.1, 0.15) is 55.4 Å². The first-order valence-corrected chi connectivity index (χ1v) is 30.3. The zero-order valence-corrected chi connectivity index (χ0v) is 46.6. The van der Waals surface area contributed by atoms with E-state index in [2.05, 4.69) is 26.0 Å². The van der Waals surface area contributed by atoms with Gasteiger partial charge >= 0.3 is 11.9 Å². The van der Waals surface area contributed by atoms with E-state index in [1.54, 1.807) is 0 Å². The average molecular weight is 1060 g/mol. The number of carbonyl (C=O) groups excluding carboxylic acids is 2. The minimum Gasteiger partial charge on any atom is -0.462 e. The van der Waals surface area contributed by atoms with Gasteiger partial charge in [-0.3, -0.25) is 9.59 Å². The number of hydrogen-bond donors (Lipinski definition) is 7. The zero-order valence-electron chi connectivity index (χ0n) is 46.6. The first-order valence-electron chi connectivity index (χ1n) is 30.3. The van der Waals surface area contributed by atoms with Crippen LogP contribution in [0.2, 0.25) is 0 Å². The van der Waals surface area contributed by atoms with Crippen molar-refractivity contribution >= 4 is 11.9 Å². The van der Waals surface area contributed by atoms with Gasteiger partial charge in [0, 0.05) is 12.8 Å². The predicted molar refractivity (Wildman–Crippen MR) is 289 cm³/mol. The molecule has 4 unspecified atom stereocenters. The van der Waals surface area contributed by atoms with Crippen LogP contribution in [-0.2, 0) is 38.0 Å². The number of esters is 2. The van der Waals surface area contributed by atoms with Gasteiger partial charge in [0.2, 0.25) is 0 Å². The maximum absolute atomic E-state index is 13.1. The molecule has 2 heterocycles. The fourth-order valence-corrected chi connectivity index (χ4v) is 9.80. The summed E-state index contributed by atoms with van der Waals surface area (Å²) in [4.78, 5) is 25.9. The van der Waals surface area contributed by atoms with Crippen LogP contribution in [0.5, 0.6) is 0 Å². The Hall–Kier alpha value is -1.76. The van der Waals surface area contributed by atoms with Crippen molar-refractivity contribution < 1.29 is 73.8 Å². The van der Waals surface area contributed by atoms with Gasteiger partial charge in [-0.1, -0.05) is 219 Å². The van der Waals surface area contributed by atoms with Crippen LogP contribution in [-0.4, -0.2) is 142 Å². The molecule has 74 heavy (non-hydrogen) atoms. The van der Waals surface area contributed by atoms with Gasteiger partial charge in [0.05, 0.1) is 19.8 Å². The Morgan fingerprint density at radius 3 is 1.20 bits per heavy atom. The molecule has 0 saturated carbocycles. The molecule has 2 aliphatic heterocycles. The summed E-state index contributed by atoms with van der Waals surface area (Å²) in [6.07, 6.45) is 32.4. The van der Waals surface area contributed by atoms with E-state index < -0.39 is 92.7 Å². The molecule has 0 aromatic heterocycles. The first-order chi connectivity index (χ1) is 36.0. The van der Waals surface area contributed by atoms with Crippen molar-refractivity contribution in [3.05, 3.63) is 12.2 Å². The van der Waals surface area contributed by atoms with Crippen molar-refractivity contribution in [2.24, 2.45) is 0 Å². The lowest BCUT2D eigenvalue weighted by Crippen LogP contribution is -2.61. The molecule has 15 nitrogen and oxygen atoms in total. The molecule has 2 aliphatic rings. The monoisotopic (exact) mass is 1060 g/mol. The normalized spacial score (nSPS) is 24.7.